The van der Waals surface area contributed by atoms with Crippen LogP contribution in [0.15, 0.2) is 43.1 Å². The number of pyridine rings is 1. The number of aliphatic hydroxyl groups is 1. The van der Waals surface area contributed by atoms with E-state index in [0.29, 0.717) is 37.5 Å². The van der Waals surface area contributed by atoms with E-state index in [9.17, 15) is 38.8 Å². The number of fused-ring (bicyclic) bond motifs is 4. The second-order valence-corrected chi connectivity index (χ2v) is 36.8. The Morgan fingerprint density at radius 1 is 0.423 bits per heavy atom. The van der Waals surface area contributed by atoms with Crippen molar-refractivity contribution < 1.29 is 61.7 Å². The van der Waals surface area contributed by atoms with Crippen molar-refractivity contribution in [2.45, 2.75) is 412 Å². The first-order valence-corrected chi connectivity index (χ1v) is 49.2. The summed E-state index contributed by atoms with van der Waals surface area (Å²) in [5, 5.41) is 12.1. The fraction of sp³-hybridized carbons (Fsp3) is 0.869. The van der Waals surface area contributed by atoms with Crippen LogP contribution < -0.4 is 4.74 Å². The summed E-state index contributed by atoms with van der Waals surface area (Å²) in [5.74, 6) is 1.69. The number of hydrogen-bond acceptors (Lipinski definition) is 12. The molecule has 104 heavy (non-hydrogen) atoms. The van der Waals surface area contributed by atoms with Crippen LogP contribution >= 0.6 is 0 Å². The molecule has 0 spiro atoms. The predicted octanol–water partition coefficient (Wildman–Crippen LogP) is 24.6. The van der Waals surface area contributed by atoms with Gasteiger partial charge in [-0.25, -0.2) is 0 Å². The van der Waals surface area contributed by atoms with Gasteiger partial charge in [0.1, 0.15) is 5.75 Å². The van der Waals surface area contributed by atoms with Crippen molar-refractivity contribution in [1.82, 2.24) is 9.88 Å². The largest absolute Gasteiger partial charge is 0.497 e. The molecule has 20 heteroatoms. The number of benzene rings is 1. The van der Waals surface area contributed by atoms with Gasteiger partial charge in [0.15, 0.2) is 0 Å². The van der Waals surface area contributed by atoms with Gasteiger partial charge >= 0.3 is 0 Å². The summed E-state index contributed by atoms with van der Waals surface area (Å²) in [6.45, 7) is 15.1. The fourth-order valence-electron chi connectivity index (χ4n) is 14.4. The zero-order chi connectivity index (χ0) is 77.1. The number of ether oxygens (including phenoxy) is 1. The normalized spacial score (nSPS) is 16.1. The topological polar surface area (TPSA) is 263 Å². The van der Waals surface area contributed by atoms with Crippen molar-refractivity contribution in [3.8, 4) is 5.75 Å². The first kappa shape index (κ1) is 102. The first-order chi connectivity index (χ1) is 49.9. The third-order valence-corrected chi connectivity index (χ3v) is 24.1. The van der Waals surface area contributed by atoms with Gasteiger partial charge in [-0.3, -0.25) is 28.1 Å². The maximum Gasteiger partial charge on any atom is 0.264 e. The number of rotatable bonds is 64. The summed E-state index contributed by atoms with van der Waals surface area (Å²) >= 11 is 0. The summed E-state index contributed by atoms with van der Waals surface area (Å²) in [5.41, 5.74) is 1.85. The highest BCUT2D eigenvalue weighted by Crippen LogP contribution is 2.42. The van der Waals surface area contributed by atoms with E-state index < -0.39 is 46.6 Å². The standard InChI is InChI=1S/C20H24N2O2.4C16H34O3S/c1-3-13-12-22-9-7-14(13)10-19(22)20(23)16-6-8-21-18-5-4-15(24-2)11-17(16)18;4*1-2-3-4-5-6-7-8-9-10-11-12-13-14-15-16-20(17,18)19/h3-6,8,11,13-14,19-20,23H,1,7,9-10,12H2,2H3;4*2-16H2,1H3,(H,17,18,19)/t13-,14-,19-,20+;;;;/m0..../s1. The number of aliphatic hydroxyl groups excluding tert-OH is 1. The average molecular weight is 1550 g/mol. The van der Waals surface area contributed by atoms with Crippen LogP contribution in [0.25, 0.3) is 10.9 Å². The summed E-state index contributed by atoms with van der Waals surface area (Å²) in [6.07, 6.45) is 75.2. The van der Waals surface area contributed by atoms with E-state index in [1.807, 2.05) is 24.3 Å². The lowest BCUT2D eigenvalue weighted by atomic mass is 9.73. The molecule has 5 N–H and O–H groups in total. The molecule has 0 aliphatic carbocycles. The van der Waals surface area contributed by atoms with Crippen LogP contribution in [0.4, 0.5) is 0 Å². The Bertz CT molecular complexity index is 2500. The first-order valence-electron chi connectivity index (χ1n) is 42.7. The Morgan fingerprint density at radius 2 is 0.683 bits per heavy atom. The summed E-state index contributed by atoms with van der Waals surface area (Å²) in [7, 11) is -13.3. The van der Waals surface area contributed by atoms with Crippen molar-refractivity contribution >= 4 is 51.4 Å². The number of piperidine rings is 3. The van der Waals surface area contributed by atoms with E-state index in [2.05, 4.69) is 50.2 Å². The lowest BCUT2D eigenvalue weighted by Gasteiger charge is -2.50. The molecular formula is C84H160N2O14S4. The lowest BCUT2D eigenvalue weighted by Crippen LogP contribution is -2.54. The molecule has 3 fully saturated rings. The summed E-state index contributed by atoms with van der Waals surface area (Å²) in [6, 6.07) is 7.96. The van der Waals surface area contributed by atoms with Gasteiger partial charge in [0.05, 0.1) is 41.7 Å². The average Bonchev–Trinajstić information content (AvgIpc) is 0.771. The van der Waals surface area contributed by atoms with E-state index >= 15 is 0 Å². The molecule has 0 amide bonds. The Kier molecular flexibility index (Phi) is 67.2. The molecule has 4 heterocycles. The zero-order valence-electron chi connectivity index (χ0n) is 67.2. The van der Waals surface area contributed by atoms with Crippen LogP contribution in [-0.2, 0) is 40.5 Å². The van der Waals surface area contributed by atoms with Crippen LogP contribution in [0.5, 0.6) is 5.75 Å². The minimum Gasteiger partial charge on any atom is -0.497 e. The Balaban J connectivity index is 0.00000128. The molecule has 16 nitrogen and oxygen atoms in total. The monoisotopic (exact) mass is 1550 g/mol. The summed E-state index contributed by atoms with van der Waals surface area (Å²) < 4.78 is 124. The van der Waals surface area contributed by atoms with Crippen LogP contribution in [-0.4, -0.2) is 116 Å². The Labute approximate surface area is 640 Å². The molecule has 1 aromatic heterocycles. The second-order valence-electron chi connectivity index (χ2n) is 30.5. The highest BCUT2D eigenvalue weighted by molar-refractivity contribution is 7.86. The van der Waals surface area contributed by atoms with Crippen LogP contribution in [0.1, 0.15) is 412 Å². The molecular weight excluding hydrogens is 1390 g/mol. The number of aromatic nitrogens is 1. The van der Waals surface area contributed by atoms with E-state index in [1.165, 1.54) is 289 Å². The second kappa shape index (κ2) is 68.7. The molecule has 3 aliphatic heterocycles. The van der Waals surface area contributed by atoms with Crippen molar-refractivity contribution in [1.29, 1.82) is 0 Å². The van der Waals surface area contributed by atoms with E-state index in [0.717, 1.165) is 93.1 Å². The van der Waals surface area contributed by atoms with Gasteiger partial charge in [-0.05, 0) is 86.7 Å². The molecule has 1 unspecified atom stereocenters. The molecule has 2 bridgehead atoms. The maximum absolute atomic E-state index is 11.2. The van der Waals surface area contributed by atoms with Crippen LogP contribution in [0, 0.1) is 11.8 Å². The Morgan fingerprint density at radius 3 is 0.904 bits per heavy atom. The van der Waals surface area contributed by atoms with Gasteiger partial charge in [-0.1, -0.05) is 368 Å². The molecule has 5 atom stereocenters. The van der Waals surface area contributed by atoms with Gasteiger partial charge in [-0.2, -0.15) is 33.7 Å². The van der Waals surface area contributed by atoms with Gasteiger partial charge < -0.3 is 9.84 Å². The number of nitrogens with zero attached hydrogens (tertiary/aromatic N) is 2. The lowest BCUT2D eigenvalue weighted by molar-refractivity contribution is -0.0444. The molecule has 5 rings (SSSR count). The molecule has 2 aromatic rings. The smallest absolute Gasteiger partial charge is 0.264 e. The molecule has 3 aliphatic rings. The maximum atomic E-state index is 11.2. The summed E-state index contributed by atoms with van der Waals surface area (Å²) in [4.78, 5) is 6.86. The number of methoxy groups -OCH3 is 1. The quantitative estimate of drug-likeness (QED) is 0.0234. The van der Waals surface area contributed by atoms with Gasteiger partial charge in [0.2, 0.25) is 0 Å². The Hall–Kier alpha value is -2.27. The van der Waals surface area contributed by atoms with Crippen LogP contribution in [0.3, 0.4) is 0 Å². The SMILES string of the molecule is C=C[C@H]1CN2CC[C@H]1C[C@H]2[C@H](O)c1ccnc2ccc(OC)cc12.CCCCCCCCCCCCCCCCS(=O)(=O)O.CCCCCCCCCCCCCCCCS(=O)(=O)O.CCCCCCCCCCCCCCCCS(=O)(=O)O.CCCCCCCCCCCCCCCCS(=O)(=O)O. The zero-order valence-corrected chi connectivity index (χ0v) is 70.4. The van der Waals surface area contributed by atoms with E-state index in [-0.39, 0.29) is 29.1 Å². The molecule has 3 saturated heterocycles. The predicted molar refractivity (Wildman–Crippen MR) is 442 cm³/mol. The van der Waals surface area contributed by atoms with Crippen molar-refractivity contribution in [3.05, 3.63) is 48.7 Å². The van der Waals surface area contributed by atoms with Gasteiger partial charge in [0, 0.05) is 24.2 Å². The number of hydrogen-bond donors (Lipinski definition) is 5. The van der Waals surface area contributed by atoms with Crippen molar-refractivity contribution in [2.75, 3.05) is 43.2 Å². The molecule has 0 radical (unpaired) electrons. The van der Waals surface area contributed by atoms with E-state index in [1.54, 1.807) is 13.3 Å². The third-order valence-electron chi connectivity index (χ3n) is 20.8. The van der Waals surface area contributed by atoms with Crippen LogP contribution in [0.2, 0.25) is 0 Å². The highest BCUT2D eigenvalue weighted by Gasteiger charge is 2.42. The fourth-order valence-corrected chi connectivity index (χ4v) is 16.6. The number of unbranched alkanes of at least 4 members (excludes halogenated alkanes) is 52. The van der Waals surface area contributed by atoms with Gasteiger partial charge in [0.25, 0.3) is 40.5 Å². The van der Waals surface area contributed by atoms with E-state index in [4.69, 9.17) is 22.9 Å². The third kappa shape index (κ3) is 65.6. The van der Waals surface area contributed by atoms with Crippen molar-refractivity contribution in [2.24, 2.45) is 11.8 Å². The molecule has 1 aromatic carbocycles. The molecule has 0 saturated carbocycles. The van der Waals surface area contributed by atoms with Crippen molar-refractivity contribution in [3.63, 3.8) is 0 Å². The minimum absolute atomic E-state index is 0.0783. The minimum atomic E-state index is -3.74. The van der Waals surface area contributed by atoms with Gasteiger partial charge in [-0.15, -0.1) is 6.58 Å². The highest BCUT2D eigenvalue weighted by atomic mass is 32.2. The molecule has 614 valence electrons.